The summed E-state index contributed by atoms with van der Waals surface area (Å²) in [6, 6.07) is 18.4. The molecule has 2 atom stereocenters. The van der Waals surface area contributed by atoms with E-state index >= 15 is 0 Å². The van der Waals surface area contributed by atoms with Gasteiger partial charge in [-0.05, 0) is 17.5 Å². The highest BCUT2D eigenvalue weighted by molar-refractivity contribution is 5.95. The molecule has 0 bridgehead atoms. The van der Waals surface area contributed by atoms with E-state index in [1.165, 1.54) is 0 Å². The first-order valence-electron chi connectivity index (χ1n) is 11.5. The molecule has 2 fully saturated rings. The molecule has 2 aliphatic heterocycles. The van der Waals surface area contributed by atoms with Crippen molar-refractivity contribution in [1.82, 2.24) is 14.7 Å². The maximum atomic E-state index is 13.6. The van der Waals surface area contributed by atoms with Crippen molar-refractivity contribution in [3.63, 3.8) is 0 Å². The smallest absolute Gasteiger partial charge is 0.247 e. The first-order valence-corrected chi connectivity index (χ1v) is 11.5. The van der Waals surface area contributed by atoms with Crippen LogP contribution >= 0.6 is 0 Å². The van der Waals surface area contributed by atoms with E-state index in [0.29, 0.717) is 45.5 Å². The van der Waals surface area contributed by atoms with Crippen LogP contribution in [0.1, 0.15) is 17.5 Å². The van der Waals surface area contributed by atoms with Crippen LogP contribution in [0.25, 0.3) is 0 Å². The van der Waals surface area contributed by atoms with Crippen molar-refractivity contribution in [3.8, 4) is 0 Å². The Kier molecular flexibility index (Phi) is 7.40. The highest BCUT2D eigenvalue weighted by Gasteiger charge is 2.47. The summed E-state index contributed by atoms with van der Waals surface area (Å²) in [6.07, 6.45) is 1.35. The van der Waals surface area contributed by atoms with E-state index in [1.54, 1.807) is 21.8 Å². The van der Waals surface area contributed by atoms with Crippen LogP contribution in [0, 0.1) is 0 Å². The normalized spacial score (nSPS) is 20.7. The second-order valence-corrected chi connectivity index (χ2v) is 8.60. The zero-order chi connectivity index (χ0) is 23.2. The molecular weight excluding hydrogens is 418 g/mol. The Morgan fingerprint density at radius 2 is 1.61 bits per heavy atom. The fraction of sp³-hybridized carbons (Fsp3) is 0.423. The second-order valence-electron chi connectivity index (χ2n) is 8.60. The second kappa shape index (κ2) is 10.6. The number of carbonyl (C=O) groups excluding carboxylic acids is 3. The maximum absolute atomic E-state index is 13.6. The Balaban J connectivity index is 1.54. The summed E-state index contributed by atoms with van der Waals surface area (Å²) in [6.45, 7) is 2.14. The third-order valence-electron chi connectivity index (χ3n) is 6.53. The average Bonchev–Trinajstić information content (AvgIpc) is 2.85. The van der Waals surface area contributed by atoms with E-state index in [-0.39, 0.29) is 24.3 Å². The molecule has 3 amide bonds. The molecule has 2 heterocycles. The third-order valence-corrected chi connectivity index (χ3v) is 6.53. The lowest BCUT2D eigenvalue weighted by Gasteiger charge is -2.49. The largest absolute Gasteiger partial charge is 0.383 e. The van der Waals surface area contributed by atoms with Crippen LogP contribution in [-0.2, 0) is 32.0 Å². The maximum Gasteiger partial charge on any atom is 0.247 e. The number of carbonyl (C=O) groups is 3. The van der Waals surface area contributed by atoms with Gasteiger partial charge in [-0.1, -0.05) is 60.7 Å². The zero-order valence-corrected chi connectivity index (χ0v) is 19.1. The molecule has 0 aliphatic carbocycles. The molecule has 33 heavy (non-hydrogen) atoms. The number of methoxy groups -OCH3 is 1. The van der Waals surface area contributed by atoms with Gasteiger partial charge in [-0.3, -0.25) is 14.4 Å². The molecule has 2 aromatic rings. The minimum absolute atomic E-state index is 0.0883. The lowest BCUT2D eigenvalue weighted by Crippen LogP contribution is -2.70. The topological polar surface area (TPSA) is 70.2 Å². The molecular formula is C26H31N3O4. The fourth-order valence-corrected chi connectivity index (χ4v) is 4.69. The Bertz CT molecular complexity index is 966. The number of amides is 3. The minimum atomic E-state index is -0.629. The predicted molar refractivity (Wildman–Crippen MR) is 124 cm³/mol. The Labute approximate surface area is 194 Å². The molecule has 4 rings (SSSR count). The van der Waals surface area contributed by atoms with Crippen molar-refractivity contribution in [2.75, 3.05) is 39.9 Å². The molecule has 7 nitrogen and oxygen atoms in total. The van der Waals surface area contributed by atoms with Gasteiger partial charge in [0.25, 0.3) is 0 Å². The van der Waals surface area contributed by atoms with Crippen molar-refractivity contribution < 1.29 is 19.1 Å². The van der Waals surface area contributed by atoms with Gasteiger partial charge < -0.3 is 19.4 Å². The van der Waals surface area contributed by atoms with E-state index in [0.717, 1.165) is 11.1 Å². The fourth-order valence-electron chi connectivity index (χ4n) is 4.69. The monoisotopic (exact) mass is 449 g/mol. The molecule has 0 saturated carbocycles. The predicted octanol–water partition coefficient (Wildman–Crippen LogP) is 1.76. The molecule has 2 aliphatic rings. The molecule has 2 saturated heterocycles. The highest BCUT2D eigenvalue weighted by Crippen LogP contribution is 2.25. The highest BCUT2D eigenvalue weighted by atomic mass is 16.5. The van der Waals surface area contributed by atoms with E-state index in [1.807, 2.05) is 60.7 Å². The summed E-state index contributed by atoms with van der Waals surface area (Å²) in [4.78, 5) is 45.1. The van der Waals surface area contributed by atoms with Crippen molar-refractivity contribution in [2.45, 2.75) is 31.3 Å². The number of hydrogen-bond acceptors (Lipinski definition) is 4. The van der Waals surface area contributed by atoms with Crippen LogP contribution in [0.2, 0.25) is 0 Å². The molecule has 0 unspecified atom stereocenters. The zero-order valence-electron chi connectivity index (χ0n) is 19.1. The lowest BCUT2D eigenvalue weighted by atomic mass is 9.95. The van der Waals surface area contributed by atoms with Crippen LogP contribution in [0.3, 0.4) is 0 Å². The van der Waals surface area contributed by atoms with E-state index in [4.69, 9.17) is 4.74 Å². The molecule has 0 aromatic heterocycles. The van der Waals surface area contributed by atoms with Gasteiger partial charge in [0.15, 0.2) is 0 Å². The third kappa shape index (κ3) is 5.25. The quantitative estimate of drug-likeness (QED) is 0.616. The molecule has 2 aromatic carbocycles. The molecule has 0 N–H and O–H groups in total. The van der Waals surface area contributed by atoms with E-state index < -0.39 is 12.1 Å². The number of benzene rings is 2. The van der Waals surface area contributed by atoms with Crippen LogP contribution in [0.5, 0.6) is 0 Å². The summed E-state index contributed by atoms with van der Waals surface area (Å²) < 4.78 is 5.13. The van der Waals surface area contributed by atoms with Crippen molar-refractivity contribution in [3.05, 3.63) is 71.8 Å². The number of piperazine rings is 2. The molecule has 0 radical (unpaired) electrons. The lowest BCUT2D eigenvalue weighted by molar-refractivity contribution is -0.166. The van der Waals surface area contributed by atoms with Crippen molar-refractivity contribution in [2.24, 2.45) is 0 Å². The van der Waals surface area contributed by atoms with Gasteiger partial charge in [-0.2, -0.15) is 0 Å². The minimum Gasteiger partial charge on any atom is -0.383 e. The number of ether oxygens (including phenoxy) is 1. The summed E-state index contributed by atoms with van der Waals surface area (Å²) in [5.74, 6) is -0.330. The van der Waals surface area contributed by atoms with Crippen molar-refractivity contribution >= 4 is 17.7 Å². The van der Waals surface area contributed by atoms with Gasteiger partial charge in [0.1, 0.15) is 12.1 Å². The number of fused-ring (bicyclic) bond motifs is 1. The van der Waals surface area contributed by atoms with Gasteiger partial charge in [-0.15, -0.1) is 0 Å². The first-order chi connectivity index (χ1) is 16.1. The number of nitrogens with zero attached hydrogens (tertiary/aromatic N) is 3. The van der Waals surface area contributed by atoms with Crippen LogP contribution in [0.4, 0.5) is 0 Å². The first kappa shape index (κ1) is 23.0. The van der Waals surface area contributed by atoms with Gasteiger partial charge in [-0.25, -0.2) is 0 Å². The van der Waals surface area contributed by atoms with Gasteiger partial charge in [0, 0.05) is 39.6 Å². The summed E-state index contributed by atoms with van der Waals surface area (Å²) in [5, 5.41) is 0. The number of hydrogen-bond donors (Lipinski definition) is 0. The standard InChI is InChI=1S/C26H31N3O4/c1-33-17-16-27-14-15-28-23(25(27)31)19-29(24(30)13-12-20-8-4-2-5-9-20)22(26(28)32)18-21-10-6-3-7-11-21/h2-11,22-23H,12-19H2,1H3/t22-,23-/m0/s1. The van der Waals surface area contributed by atoms with Gasteiger partial charge in [0.2, 0.25) is 17.7 Å². The summed E-state index contributed by atoms with van der Waals surface area (Å²) in [5.41, 5.74) is 2.08. The van der Waals surface area contributed by atoms with Crippen LogP contribution in [-0.4, -0.2) is 84.4 Å². The summed E-state index contributed by atoms with van der Waals surface area (Å²) >= 11 is 0. The number of aryl methyl sites for hydroxylation is 1. The van der Waals surface area contributed by atoms with Crippen LogP contribution in [0.15, 0.2) is 60.7 Å². The molecule has 0 spiro atoms. The van der Waals surface area contributed by atoms with E-state index in [9.17, 15) is 14.4 Å². The SMILES string of the molecule is COCCN1CCN2C(=O)[C@H](Cc3ccccc3)N(C(=O)CCc3ccccc3)C[C@H]2C1=O. The Morgan fingerprint density at radius 1 is 0.939 bits per heavy atom. The molecule has 7 heteroatoms. The molecule has 174 valence electrons. The van der Waals surface area contributed by atoms with E-state index in [2.05, 4.69) is 0 Å². The van der Waals surface area contributed by atoms with Gasteiger partial charge >= 0.3 is 0 Å². The van der Waals surface area contributed by atoms with Crippen LogP contribution < -0.4 is 0 Å². The number of rotatable bonds is 8. The van der Waals surface area contributed by atoms with Crippen molar-refractivity contribution in [1.29, 1.82) is 0 Å². The average molecular weight is 450 g/mol. The Morgan fingerprint density at radius 3 is 2.27 bits per heavy atom. The Hall–Kier alpha value is -3.19. The summed E-state index contributed by atoms with van der Waals surface area (Å²) in [7, 11) is 1.60. The van der Waals surface area contributed by atoms with Gasteiger partial charge in [0.05, 0.1) is 13.2 Å².